The summed E-state index contributed by atoms with van der Waals surface area (Å²) in [6, 6.07) is 0. The summed E-state index contributed by atoms with van der Waals surface area (Å²) in [5.41, 5.74) is 0. The first-order valence-electron chi connectivity index (χ1n) is 4.93. The summed E-state index contributed by atoms with van der Waals surface area (Å²) in [7, 11) is 0. The Kier molecular flexibility index (Phi) is 3.24. The molecule has 1 aliphatic heterocycles. The molecule has 5 heteroatoms. The predicted molar refractivity (Wildman–Crippen MR) is 53.2 cm³/mol. The number of alkyl halides is 2. The summed E-state index contributed by atoms with van der Waals surface area (Å²) < 4.78 is 5.77. The van der Waals surface area contributed by atoms with Crippen molar-refractivity contribution in [2.75, 3.05) is 11.8 Å². The largest absolute Gasteiger partial charge is 0.310 e. The molecule has 0 unspecified atom stereocenters. The molecule has 0 atom stereocenters. The van der Waals surface area contributed by atoms with Crippen LogP contribution < -0.4 is 0 Å². The molecule has 0 aromatic heterocycles. The zero-order valence-corrected chi connectivity index (χ0v) is 9.44. The third-order valence-corrected chi connectivity index (χ3v) is 3.55. The van der Waals surface area contributed by atoms with Crippen LogP contribution in [-0.4, -0.2) is 23.3 Å². The Balaban J connectivity index is 2.04. The first-order valence-corrected chi connectivity index (χ1v) is 6.00. The molecule has 3 nitrogen and oxygen atoms in total. The van der Waals surface area contributed by atoms with Crippen LogP contribution in [0.3, 0.4) is 0 Å². The molecule has 82 valence electrons. The number of halogens is 2. The van der Waals surface area contributed by atoms with Crippen LogP contribution in [0.4, 0.5) is 0 Å². The SMILES string of the molecule is ClCC1(CCl)OOC2(CCCCC2)O1. The molecule has 0 N–H and O–H groups in total. The highest BCUT2D eigenvalue weighted by atomic mass is 35.5. The molecule has 0 aromatic carbocycles. The van der Waals surface area contributed by atoms with Crippen LogP contribution in [0, 0.1) is 0 Å². The Hall–Kier alpha value is 0.460. The normalized spacial score (nSPS) is 29.6. The van der Waals surface area contributed by atoms with E-state index in [1.54, 1.807) is 0 Å². The van der Waals surface area contributed by atoms with Gasteiger partial charge in [-0.05, 0) is 12.8 Å². The Morgan fingerprint density at radius 3 is 2.07 bits per heavy atom. The van der Waals surface area contributed by atoms with Gasteiger partial charge in [-0.2, -0.15) is 9.78 Å². The van der Waals surface area contributed by atoms with Crippen molar-refractivity contribution in [3.8, 4) is 0 Å². The second kappa shape index (κ2) is 4.14. The van der Waals surface area contributed by atoms with Gasteiger partial charge in [0.25, 0.3) is 0 Å². The van der Waals surface area contributed by atoms with Crippen molar-refractivity contribution in [1.29, 1.82) is 0 Å². The molecule has 0 bridgehead atoms. The molecule has 2 rings (SSSR count). The van der Waals surface area contributed by atoms with Gasteiger partial charge in [-0.25, -0.2) is 0 Å². The highest BCUT2D eigenvalue weighted by molar-refractivity contribution is 6.21. The maximum absolute atomic E-state index is 5.77. The first kappa shape index (κ1) is 11.0. The highest BCUT2D eigenvalue weighted by Crippen LogP contribution is 2.43. The molecule has 1 heterocycles. The molecule has 2 aliphatic rings. The Morgan fingerprint density at radius 1 is 0.929 bits per heavy atom. The van der Waals surface area contributed by atoms with E-state index in [0.717, 1.165) is 25.7 Å². The van der Waals surface area contributed by atoms with Crippen LogP contribution in [0.15, 0.2) is 0 Å². The van der Waals surface area contributed by atoms with Crippen LogP contribution in [0.25, 0.3) is 0 Å². The molecule has 2 fully saturated rings. The molecule has 0 radical (unpaired) electrons. The van der Waals surface area contributed by atoms with Gasteiger partial charge < -0.3 is 4.74 Å². The molecule has 0 amide bonds. The van der Waals surface area contributed by atoms with Crippen molar-refractivity contribution in [1.82, 2.24) is 0 Å². The lowest BCUT2D eigenvalue weighted by Gasteiger charge is -2.30. The second-order valence-corrected chi connectivity index (χ2v) is 4.45. The van der Waals surface area contributed by atoms with E-state index in [1.165, 1.54) is 6.42 Å². The van der Waals surface area contributed by atoms with E-state index in [0.29, 0.717) is 0 Å². The predicted octanol–water partition coefficient (Wildman–Crippen LogP) is 2.80. The minimum Gasteiger partial charge on any atom is -0.310 e. The fourth-order valence-corrected chi connectivity index (χ4v) is 2.42. The third-order valence-electron chi connectivity index (χ3n) is 2.74. The quantitative estimate of drug-likeness (QED) is 0.549. The van der Waals surface area contributed by atoms with E-state index in [4.69, 9.17) is 37.7 Å². The standard InChI is InChI=1S/C9H14Cl2O3/c10-6-9(7-11)12-8(13-14-9)4-2-1-3-5-8/h1-7H2. The van der Waals surface area contributed by atoms with E-state index in [2.05, 4.69) is 0 Å². The summed E-state index contributed by atoms with van der Waals surface area (Å²) in [6.07, 6.45) is 5.16. The lowest BCUT2D eigenvalue weighted by Crippen LogP contribution is -2.40. The van der Waals surface area contributed by atoms with E-state index in [-0.39, 0.29) is 11.8 Å². The van der Waals surface area contributed by atoms with Crippen LogP contribution >= 0.6 is 23.2 Å². The van der Waals surface area contributed by atoms with Crippen molar-refractivity contribution >= 4 is 23.2 Å². The summed E-state index contributed by atoms with van der Waals surface area (Å²) >= 11 is 11.5. The van der Waals surface area contributed by atoms with Crippen molar-refractivity contribution < 1.29 is 14.5 Å². The van der Waals surface area contributed by atoms with Crippen molar-refractivity contribution in [2.24, 2.45) is 0 Å². The zero-order chi connectivity index (χ0) is 10.1. The molecular weight excluding hydrogens is 227 g/mol. The molecule has 1 saturated heterocycles. The van der Waals surface area contributed by atoms with Crippen LogP contribution in [-0.2, 0) is 14.5 Å². The Labute approximate surface area is 93.5 Å². The topological polar surface area (TPSA) is 27.7 Å². The monoisotopic (exact) mass is 240 g/mol. The van der Waals surface area contributed by atoms with Crippen molar-refractivity contribution in [3.63, 3.8) is 0 Å². The first-order chi connectivity index (χ1) is 6.74. The zero-order valence-electron chi connectivity index (χ0n) is 7.93. The minimum atomic E-state index is -0.944. The van der Waals surface area contributed by atoms with Gasteiger partial charge in [0.1, 0.15) is 0 Å². The van der Waals surface area contributed by atoms with E-state index < -0.39 is 11.6 Å². The fourth-order valence-electron chi connectivity index (χ4n) is 1.94. The van der Waals surface area contributed by atoms with E-state index in [9.17, 15) is 0 Å². The maximum Gasteiger partial charge on any atom is 0.231 e. The summed E-state index contributed by atoms with van der Waals surface area (Å²) in [6.45, 7) is 0. The summed E-state index contributed by atoms with van der Waals surface area (Å²) in [5, 5.41) is 0. The van der Waals surface area contributed by atoms with Crippen LogP contribution in [0.5, 0.6) is 0 Å². The van der Waals surface area contributed by atoms with Gasteiger partial charge >= 0.3 is 0 Å². The molecule has 1 saturated carbocycles. The smallest absolute Gasteiger partial charge is 0.231 e. The van der Waals surface area contributed by atoms with Gasteiger partial charge in [-0.3, -0.25) is 0 Å². The summed E-state index contributed by atoms with van der Waals surface area (Å²) in [4.78, 5) is 10.4. The molecule has 14 heavy (non-hydrogen) atoms. The Morgan fingerprint density at radius 2 is 1.57 bits per heavy atom. The fraction of sp³-hybridized carbons (Fsp3) is 1.00. The number of ether oxygens (including phenoxy) is 1. The lowest BCUT2D eigenvalue weighted by molar-refractivity contribution is -0.348. The van der Waals surface area contributed by atoms with Gasteiger partial charge in [0.2, 0.25) is 11.6 Å². The third kappa shape index (κ3) is 1.89. The molecule has 1 aliphatic carbocycles. The van der Waals surface area contributed by atoms with Crippen molar-refractivity contribution in [3.05, 3.63) is 0 Å². The minimum absolute atomic E-state index is 0.193. The van der Waals surface area contributed by atoms with Crippen LogP contribution in [0.2, 0.25) is 0 Å². The van der Waals surface area contributed by atoms with Crippen LogP contribution in [0.1, 0.15) is 32.1 Å². The number of hydrogen-bond acceptors (Lipinski definition) is 3. The van der Waals surface area contributed by atoms with E-state index >= 15 is 0 Å². The number of hydrogen-bond donors (Lipinski definition) is 0. The van der Waals surface area contributed by atoms with Gasteiger partial charge in [0, 0.05) is 12.8 Å². The van der Waals surface area contributed by atoms with Gasteiger partial charge in [0.15, 0.2) is 0 Å². The highest BCUT2D eigenvalue weighted by Gasteiger charge is 2.52. The van der Waals surface area contributed by atoms with Gasteiger partial charge in [-0.15, -0.1) is 23.2 Å². The molecular formula is C9H14Cl2O3. The second-order valence-electron chi connectivity index (χ2n) is 3.92. The van der Waals surface area contributed by atoms with Gasteiger partial charge in [-0.1, -0.05) is 6.42 Å². The average Bonchev–Trinajstić information content (AvgIpc) is 2.60. The van der Waals surface area contributed by atoms with Crippen molar-refractivity contribution in [2.45, 2.75) is 43.7 Å². The number of rotatable bonds is 2. The Bertz CT molecular complexity index is 200. The molecule has 0 aromatic rings. The average molecular weight is 241 g/mol. The molecule has 1 spiro atoms. The lowest BCUT2D eigenvalue weighted by atomic mass is 9.94. The maximum atomic E-state index is 5.77. The summed E-state index contributed by atoms with van der Waals surface area (Å²) in [5.74, 6) is -1.14. The van der Waals surface area contributed by atoms with E-state index in [1.807, 2.05) is 0 Å². The van der Waals surface area contributed by atoms with Gasteiger partial charge in [0.05, 0.1) is 11.8 Å².